The number of aromatic nitrogens is 3. The van der Waals surface area contributed by atoms with E-state index >= 15 is 0 Å². The van der Waals surface area contributed by atoms with Crippen molar-refractivity contribution >= 4 is 34.4 Å². The lowest BCUT2D eigenvalue weighted by molar-refractivity contribution is -0.136. The molecule has 4 aromatic rings. The van der Waals surface area contributed by atoms with E-state index in [0.29, 0.717) is 11.6 Å². The Bertz CT molecular complexity index is 1460. The van der Waals surface area contributed by atoms with E-state index in [1.54, 1.807) is 6.20 Å². The van der Waals surface area contributed by atoms with Crippen molar-refractivity contribution < 1.29 is 14.7 Å². The molecule has 37 heavy (non-hydrogen) atoms. The third-order valence-corrected chi connectivity index (χ3v) is 6.59. The molecule has 0 aliphatic rings. The Morgan fingerprint density at radius 2 is 1.86 bits per heavy atom. The normalized spacial score (nSPS) is 12.2. The molecule has 4 rings (SSSR count). The standard InChI is InChI=1S/C29H31ClN4O3/c1-17(2)11-26(21-12-19(4)28(32-15-21)29(37)31-10-9-27(35)36)34-16-22-14-20(5-8-25(22)33-34)24-7-6-23(30)13-18(24)3/h5-8,12-17,26H,9-11H2,1-4H3,(H,31,37)(H,35,36). The maximum absolute atomic E-state index is 12.5. The molecule has 2 aromatic carbocycles. The number of halogens is 1. The number of fused-ring (bicyclic) bond motifs is 1. The maximum Gasteiger partial charge on any atom is 0.305 e. The molecule has 8 heteroatoms. The van der Waals surface area contributed by atoms with Crippen LogP contribution in [-0.2, 0) is 4.79 Å². The first-order chi connectivity index (χ1) is 17.6. The number of carbonyl (C=O) groups is 2. The molecule has 2 N–H and O–H groups in total. The molecule has 0 radical (unpaired) electrons. The van der Waals surface area contributed by atoms with Crippen LogP contribution in [0.1, 0.15) is 59.9 Å². The van der Waals surface area contributed by atoms with Gasteiger partial charge in [-0.05, 0) is 78.3 Å². The van der Waals surface area contributed by atoms with Crippen LogP contribution in [-0.4, -0.2) is 38.3 Å². The number of benzene rings is 2. The van der Waals surface area contributed by atoms with Gasteiger partial charge in [-0.3, -0.25) is 19.3 Å². The van der Waals surface area contributed by atoms with Crippen molar-refractivity contribution in [2.75, 3.05) is 6.54 Å². The fourth-order valence-electron chi connectivity index (χ4n) is 4.55. The smallest absolute Gasteiger partial charge is 0.305 e. The van der Waals surface area contributed by atoms with Crippen molar-refractivity contribution in [2.45, 2.75) is 46.6 Å². The second-order valence-electron chi connectivity index (χ2n) is 9.82. The van der Waals surface area contributed by atoms with Crippen molar-refractivity contribution in [1.29, 1.82) is 0 Å². The topological polar surface area (TPSA) is 97.1 Å². The van der Waals surface area contributed by atoms with Crippen LogP contribution in [0.3, 0.4) is 0 Å². The van der Waals surface area contributed by atoms with E-state index < -0.39 is 5.97 Å². The summed E-state index contributed by atoms with van der Waals surface area (Å²) in [5.74, 6) is -0.927. The Labute approximate surface area is 221 Å². The number of nitrogens with zero attached hydrogens (tertiary/aromatic N) is 3. The molecule has 0 aliphatic carbocycles. The van der Waals surface area contributed by atoms with E-state index in [9.17, 15) is 9.59 Å². The molecule has 7 nitrogen and oxygen atoms in total. The number of hydrogen-bond donors (Lipinski definition) is 2. The van der Waals surface area contributed by atoms with Gasteiger partial charge < -0.3 is 10.4 Å². The molecular formula is C29H31ClN4O3. The summed E-state index contributed by atoms with van der Waals surface area (Å²) in [6, 6.07) is 14.1. The second-order valence-corrected chi connectivity index (χ2v) is 10.3. The van der Waals surface area contributed by atoms with Gasteiger partial charge in [0.05, 0.1) is 18.0 Å². The zero-order valence-electron chi connectivity index (χ0n) is 21.5. The highest BCUT2D eigenvalue weighted by Gasteiger charge is 2.20. The molecule has 192 valence electrons. The Morgan fingerprint density at radius 3 is 2.54 bits per heavy atom. The number of hydrogen-bond acceptors (Lipinski definition) is 4. The number of carboxylic acids is 1. The van der Waals surface area contributed by atoms with Crippen molar-refractivity contribution in [2.24, 2.45) is 5.92 Å². The number of pyridine rings is 1. The monoisotopic (exact) mass is 518 g/mol. The summed E-state index contributed by atoms with van der Waals surface area (Å²) in [5, 5.41) is 18.1. The summed E-state index contributed by atoms with van der Waals surface area (Å²) < 4.78 is 1.99. The first-order valence-electron chi connectivity index (χ1n) is 12.3. The fourth-order valence-corrected chi connectivity index (χ4v) is 4.78. The van der Waals surface area contributed by atoms with Gasteiger partial charge in [0.2, 0.25) is 0 Å². The molecule has 2 aromatic heterocycles. The molecular weight excluding hydrogens is 488 g/mol. The lowest BCUT2D eigenvalue weighted by Gasteiger charge is -2.21. The van der Waals surface area contributed by atoms with E-state index in [2.05, 4.69) is 49.4 Å². The van der Waals surface area contributed by atoms with Crippen LogP contribution in [0.15, 0.2) is 54.9 Å². The zero-order valence-corrected chi connectivity index (χ0v) is 22.2. The molecule has 2 heterocycles. The minimum Gasteiger partial charge on any atom is -0.481 e. The molecule has 0 fully saturated rings. The molecule has 1 amide bonds. The van der Waals surface area contributed by atoms with E-state index in [-0.39, 0.29) is 24.9 Å². The highest BCUT2D eigenvalue weighted by Crippen LogP contribution is 2.31. The average molecular weight is 519 g/mol. The van der Waals surface area contributed by atoms with Crippen LogP contribution >= 0.6 is 11.6 Å². The second kappa shape index (κ2) is 11.1. The van der Waals surface area contributed by atoms with Gasteiger partial charge in [-0.25, -0.2) is 0 Å². The van der Waals surface area contributed by atoms with Crippen LogP contribution in [0.25, 0.3) is 22.0 Å². The summed E-state index contributed by atoms with van der Waals surface area (Å²) in [4.78, 5) is 27.7. The van der Waals surface area contributed by atoms with E-state index in [4.69, 9.17) is 21.8 Å². The molecule has 0 saturated carbocycles. The van der Waals surface area contributed by atoms with Gasteiger partial charge in [-0.15, -0.1) is 0 Å². The van der Waals surface area contributed by atoms with Crippen LogP contribution in [0.2, 0.25) is 5.02 Å². The molecule has 1 unspecified atom stereocenters. The Morgan fingerprint density at radius 1 is 1.08 bits per heavy atom. The molecule has 0 saturated heterocycles. The Balaban J connectivity index is 1.65. The van der Waals surface area contributed by atoms with E-state index in [0.717, 1.165) is 50.2 Å². The van der Waals surface area contributed by atoms with Crippen LogP contribution in [0.4, 0.5) is 0 Å². The number of aliphatic carboxylic acids is 1. The van der Waals surface area contributed by atoms with Crippen molar-refractivity contribution in [3.05, 3.63) is 82.3 Å². The lowest BCUT2D eigenvalue weighted by Crippen LogP contribution is -2.27. The van der Waals surface area contributed by atoms with Crippen LogP contribution in [0.5, 0.6) is 0 Å². The molecule has 1 atom stereocenters. The zero-order chi connectivity index (χ0) is 26.7. The number of aryl methyl sites for hydroxylation is 2. The first-order valence-corrected chi connectivity index (χ1v) is 12.7. The van der Waals surface area contributed by atoms with Gasteiger partial charge in [0.25, 0.3) is 5.91 Å². The summed E-state index contributed by atoms with van der Waals surface area (Å²) in [5.41, 5.74) is 6.26. The largest absolute Gasteiger partial charge is 0.481 e. The van der Waals surface area contributed by atoms with Crippen LogP contribution < -0.4 is 5.32 Å². The number of carboxylic acid groups (broad SMARTS) is 1. The summed E-state index contributed by atoms with van der Waals surface area (Å²) in [6.45, 7) is 8.29. The van der Waals surface area contributed by atoms with Gasteiger partial charge in [-0.2, -0.15) is 5.10 Å². The Kier molecular flexibility index (Phi) is 7.93. The average Bonchev–Trinajstić information content (AvgIpc) is 3.25. The SMILES string of the molecule is Cc1cc(Cl)ccc1-c1ccc2nn(C(CC(C)C)c3cnc(C(=O)NCCC(=O)O)c(C)c3)cc2c1. The first kappa shape index (κ1) is 26.4. The summed E-state index contributed by atoms with van der Waals surface area (Å²) >= 11 is 6.15. The fraction of sp³-hybridized carbons (Fsp3) is 0.310. The third kappa shape index (κ3) is 6.17. The van der Waals surface area contributed by atoms with E-state index in [1.807, 2.05) is 41.9 Å². The predicted octanol–water partition coefficient (Wildman–Crippen LogP) is 6.21. The van der Waals surface area contributed by atoms with Crippen molar-refractivity contribution in [3.8, 4) is 11.1 Å². The van der Waals surface area contributed by atoms with Gasteiger partial charge in [-0.1, -0.05) is 43.6 Å². The third-order valence-electron chi connectivity index (χ3n) is 6.36. The lowest BCUT2D eigenvalue weighted by atomic mass is 9.97. The van der Waals surface area contributed by atoms with Crippen molar-refractivity contribution in [1.82, 2.24) is 20.1 Å². The molecule has 0 aliphatic heterocycles. The molecule has 0 spiro atoms. The van der Waals surface area contributed by atoms with Crippen LogP contribution in [0, 0.1) is 19.8 Å². The number of amides is 1. The number of nitrogens with one attached hydrogen (secondary N) is 1. The summed E-state index contributed by atoms with van der Waals surface area (Å²) in [6.07, 6.45) is 4.51. The quantitative estimate of drug-likeness (QED) is 0.274. The van der Waals surface area contributed by atoms with E-state index in [1.165, 1.54) is 0 Å². The predicted molar refractivity (Wildman–Crippen MR) is 146 cm³/mol. The highest BCUT2D eigenvalue weighted by molar-refractivity contribution is 6.30. The van der Waals surface area contributed by atoms with Gasteiger partial charge in [0.15, 0.2) is 0 Å². The van der Waals surface area contributed by atoms with Gasteiger partial charge >= 0.3 is 5.97 Å². The minimum absolute atomic E-state index is 0.0524. The molecule has 0 bridgehead atoms. The number of carbonyl (C=O) groups excluding carboxylic acids is 1. The van der Waals surface area contributed by atoms with Crippen molar-refractivity contribution in [3.63, 3.8) is 0 Å². The highest BCUT2D eigenvalue weighted by atomic mass is 35.5. The summed E-state index contributed by atoms with van der Waals surface area (Å²) in [7, 11) is 0. The van der Waals surface area contributed by atoms with Gasteiger partial charge in [0, 0.05) is 29.3 Å². The minimum atomic E-state index is -0.959. The Hall–Kier alpha value is -3.71. The number of rotatable bonds is 9. The maximum atomic E-state index is 12.5. The van der Waals surface area contributed by atoms with Gasteiger partial charge in [0.1, 0.15) is 5.69 Å².